The van der Waals surface area contributed by atoms with Crippen molar-refractivity contribution in [3.8, 4) is 5.44 Å². The van der Waals surface area contributed by atoms with Crippen LogP contribution in [-0.2, 0) is 0 Å². The minimum absolute atomic E-state index is 0.459. The molecule has 0 bridgehead atoms. The van der Waals surface area contributed by atoms with E-state index in [1.807, 2.05) is 6.20 Å². The molecule has 22 heavy (non-hydrogen) atoms. The van der Waals surface area contributed by atoms with Crippen LogP contribution in [0.5, 0.6) is 0 Å². The minimum Gasteiger partial charge on any atom is -0.252 e. The number of pyridine rings is 1. The molecule has 0 fully saturated rings. The van der Waals surface area contributed by atoms with Gasteiger partial charge in [0, 0.05) is 16.4 Å². The molecule has 1 aliphatic rings. The molecule has 0 saturated carbocycles. The molecule has 2 aromatic carbocycles. The first-order valence-corrected chi connectivity index (χ1v) is 12.0. The molecular weight excluding hydrogens is 301 g/mol. The van der Waals surface area contributed by atoms with Crippen molar-refractivity contribution >= 4 is 47.0 Å². The maximum atomic E-state index is 4.86. The van der Waals surface area contributed by atoms with Gasteiger partial charge in [0.25, 0.3) is 0 Å². The van der Waals surface area contributed by atoms with Crippen LogP contribution < -0.4 is 10.4 Å². The van der Waals surface area contributed by atoms with Crippen molar-refractivity contribution in [2.45, 2.75) is 13.1 Å². The van der Waals surface area contributed by atoms with Crippen LogP contribution in [0.15, 0.2) is 60.8 Å². The Hall–Kier alpha value is -1.89. The molecule has 0 spiro atoms. The van der Waals surface area contributed by atoms with Crippen molar-refractivity contribution in [3.05, 3.63) is 60.8 Å². The second-order valence-electron chi connectivity index (χ2n) is 6.55. The molecule has 0 aliphatic carbocycles. The molecule has 4 aromatic rings. The molecule has 1 unspecified atom stereocenters. The Kier molecular flexibility index (Phi) is 2.35. The number of nitrogens with zero attached hydrogens (tertiary/aromatic N) is 1. The minimum atomic E-state index is -1.65. The van der Waals surface area contributed by atoms with Crippen LogP contribution in [-0.4, -0.2) is 13.1 Å². The van der Waals surface area contributed by atoms with E-state index >= 15 is 0 Å². The van der Waals surface area contributed by atoms with Gasteiger partial charge in [-0.15, -0.1) is 0 Å². The Labute approximate surface area is 131 Å². The van der Waals surface area contributed by atoms with E-state index in [1.54, 1.807) is 10.3 Å². The Bertz CT molecular complexity index is 1060. The highest BCUT2D eigenvalue weighted by Crippen LogP contribution is 2.55. The van der Waals surface area contributed by atoms with Gasteiger partial charge >= 0.3 is 0 Å². The molecule has 0 amide bonds. The predicted molar refractivity (Wildman–Crippen MR) is 100 cm³/mol. The number of fused-ring (bicyclic) bond motifs is 5. The monoisotopic (exact) mass is 317 g/mol. The third-order valence-electron chi connectivity index (χ3n) is 5.04. The molecular formula is C19H16NPSi. The highest BCUT2D eigenvalue weighted by molar-refractivity contribution is 7.69. The summed E-state index contributed by atoms with van der Waals surface area (Å²) in [6.07, 6.45) is 1.97. The van der Waals surface area contributed by atoms with Gasteiger partial charge in [-0.05, 0) is 33.3 Å². The van der Waals surface area contributed by atoms with E-state index < -0.39 is 15.6 Å². The lowest BCUT2D eigenvalue weighted by Gasteiger charge is -2.31. The largest absolute Gasteiger partial charge is 0.252 e. The molecule has 1 aliphatic heterocycles. The average molecular weight is 317 g/mol. The number of hydrogen-bond donors (Lipinski definition) is 0. The van der Waals surface area contributed by atoms with Gasteiger partial charge in [-0.2, -0.15) is 0 Å². The Morgan fingerprint density at radius 2 is 1.59 bits per heavy atom. The van der Waals surface area contributed by atoms with E-state index in [1.165, 1.54) is 26.5 Å². The highest BCUT2D eigenvalue weighted by Gasteiger charge is 2.37. The third kappa shape index (κ3) is 1.37. The summed E-state index contributed by atoms with van der Waals surface area (Å²) in [5, 5.41) is 9.12. The van der Waals surface area contributed by atoms with E-state index in [2.05, 4.69) is 67.7 Å². The number of hydrogen-bond acceptors (Lipinski definition) is 1. The zero-order valence-electron chi connectivity index (χ0n) is 12.7. The second-order valence-corrected chi connectivity index (χ2v) is 12.9. The highest BCUT2D eigenvalue weighted by atomic mass is 31.1. The van der Waals surface area contributed by atoms with E-state index in [9.17, 15) is 0 Å². The summed E-state index contributed by atoms with van der Waals surface area (Å²) in [5.41, 5.74) is 1.36. The normalized spacial score (nSPS) is 16.0. The van der Waals surface area contributed by atoms with Crippen LogP contribution in [0.1, 0.15) is 0 Å². The van der Waals surface area contributed by atoms with Crippen molar-refractivity contribution in [3.63, 3.8) is 0 Å². The molecule has 106 valence electrons. The lowest BCUT2D eigenvalue weighted by Crippen LogP contribution is -2.55. The maximum absolute atomic E-state index is 4.86. The van der Waals surface area contributed by atoms with Crippen LogP contribution >= 0.6 is 7.53 Å². The van der Waals surface area contributed by atoms with Gasteiger partial charge in [-0.25, -0.2) is 0 Å². The topological polar surface area (TPSA) is 12.9 Å². The van der Waals surface area contributed by atoms with Gasteiger partial charge in [0.15, 0.2) is 0 Å². The van der Waals surface area contributed by atoms with Crippen LogP contribution in [0, 0.1) is 0 Å². The lowest BCUT2D eigenvalue weighted by atomic mass is 10.1. The smallest absolute Gasteiger partial charge is 0.116 e. The molecule has 0 radical (unpaired) electrons. The fourth-order valence-electron chi connectivity index (χ4n) is 3.95. The standard InChI is InChI=1S/C19H16NPSi/c1-22(2)16-10-5-8-14-13-7-3-4-9-15(13)21(18(14)16)19-17(22)11-6-12-20-19/h3-12H,1-2H3. The summed E-state index contributed by atoms with van der Waals surface area (Å²) in [7, 11) is -2.11. The fraction of sp³-hybridized carbons (Fsp3) is 0.105. The zero-order chi connectivity index (χ0) is 14.9. The van der Waals surface area contributed by atoms with Crippen LogP contribution in [0.2, 0.25) is 13.1 Å². The molecule has 2 aromatic heterocycles. The van der Waals surface area contributed by atoms with Crippen molar-refractivity contribution in [2.75, 3.05) is 0 Å². The Morgan fingerprint density at radius 1 is 0.818 bits per heavy atom. The van der Waals surface area contributed by atoms with Crippen molar-refractivity contribution < 1.29 is 0 Å². The Morgan fingerprint density at radius 3 is 2.50 bits per heavy atom. The number of aromatic nitrogens is 1. The fourth-order valence-corrected chi connectivity index (χ4v) is 11.6. The van der Waals surface area contributed by atoms with Crippen LogP contribution in [0.3, 0.4) is 0 Å². The summed E-state index contributed by atoms with van der Waals surface area (Å²) < 4.78 is 0. The third-order valence-corrected chi connectivity index (χ3v) is 11.6. The summed E-state index contributed by atoms with van der Waals surface area (Å²) in [6.45, 7) is 4.94. The van der Waals surface area contributed by atoms with Gasteiger partial charge in [-0.3, -0.25) is 4.98 Å². The number of benzene rings is 2. The van der Waals surface area contributed by atoms with Crippen molar-refractivity contribution in [2.24, 2.45) is 0 Å². The molecule has 3 heteroatoms. The summed E-state index contributed by atoms with van der Waals surface area (Å²) in [5.74, 6) is 0. The molecule has 1 nitrogen and oxygen atoms in total. The van der Waals surface area contributed by atoms with Crippen LogP contribution in [0.4, 0.5) is 0 Å². The molecule has 1 atom stereocenters. The van der Waals surface area contributed by atoms with Gasteiger partial charge in [0.05, 0.1) is 5.44 Å². The quantitative estimate of drug-likeness (QED) is 0.435. The van der Waals surface area contributed by atoms with Gasteiger partial charge in [0.2, 0.25) is 0 Å². The van der Waals surface area contributed by atoms with Crippen LogP contribution in [0.25, 0.3) is 26.4 Å². The summed E-state index contributed by atoms with van der Waals surface area (Å²) in [6, 6.07) is 20.3. The van der Waals surface area contributed by atoms with Gasteiger partial charge in [-0.1, -0.05) is 63.1 Å². The van der Waals surface area contributed by atoms with Crippen molar-refractivity contribution in [1.82, 2.24) is 4.98 Å². The average Bonchev–Trinajstić information content (AvgIpc) is 2.88. The second kappa shape index (κ2) is 4.10. The Balaban J connectivity index is 2.15. The van der Waals surface area contributed by atoms with E-state index in [-0.39, 0.29) is 0 Å². The molecule has 3 heterocycles. The predicted octanol–water partition coefficient (Wildman–Crippen LogP) is 4.50. The van der Waals surface area contributed by atoms with Crippen molar-refractivity contribution in [1.29, 1.82) is 0 Å². The molecule has 0 N–H and O–H groups in total. The SMILES string of the molecule is C[Si]1(C)c2cccnc2-p2c3ccccc3c3cccc1c32. The van der Waals surface area contributed by atoms with E-state index in [4.69, 9.17) is 4.98 Å². The van der Waals surface area contributed by atoms with Gasteiger partial charge in [0.1, 0.15) is 8.07 Å². The molecule has 0 saturated heterocycles. The van der Waals surface area contributed by atoms with Gasteiger partial charge < -0.3 is 0 Å². The summed E-state index contributed by atoms with van der Waals surface area (Å²) in [4.78, 5) is 4.86. The first kappa shape index (κ1) is 12.6. The first-order chi connectivity index (χ1) is 10.7. The number of rotatable bonds is 0. The summed E-state index contributed by atoms with van der Waals surface area (Å²) >= 11 is 0. The van der Waals surface area contributed by atoms with E-state index in [0.717, 1.165) is 0 Å². The molecule has 5 rings (SSSR count). The lowest BCUT2D eigenvalue weighted by molar-refractivity contribution is 1.39. The van der Waals surface area contributed by atoms with E-state index in [0.29, 0.717) is 0 Å². The maximum Gasteiger partial charge on any atom is 0.116 e. The first-order valence-electron chi connectivity index (χ1n) is 7.68. The zero-order valence-corrected chi connectivity index (χ0v) is 14.6.